The fourth-order valence-electron chi connectivity index (χ4n) is 6.02. The van der Waals surface area contributed by atoms with Crippen LogP contribution in [-0.2, 0) is 0 Å². The molecule has 1 saturated carbocycles. The van der Waals surface area contributed by atoms with Gasteiger partial charge in [0.15, 0.2) is 5.69 Å². The Hall–Kier alpha value is -3.65. The van der Waals surface area contributed by atoms with Crippen LogP contribution in [0.4, 0.5) is 10.3 Å². The highest BCUT2D eigenvalue weighted by molar-refractivity contribution is 5.68. The summed E-state index contributed by atoms with van der Waals surface area (Å²) < 4.78 is 17.4. The minimum atomic E-state index is -1.04. The van der Waals surface area contributed by atoms with E-state index in [9.17, 15) is 5.11 Å². The molecule has 4 heterocycles. The van der Waals surface area contributed by atoms with Crippen molar-refractivity contribution in [3.05, 3.63) is 36.3 Å². The molecule has 0 spiro atoms. The number of piperidine rings is 2. The molecular formula is C25H28FN9O. The maximum absolute atomic E-state index is 16.0. The first-order chi connectivity index (χ1) is 17.3. The van der Waals surface area contributed by atoms with Gasteiger partial charge in [-0.15, -0.1) is 15.3 Å². The zero-order valence-corrected chi connectivity index (χ0v) is 20.3. The average molecular weight is 490 g/mol. The van der Waals surface area contributed by atoms with Crippen LogP contribution in [0.1, 0.15) is 58.1 Å². The fraction of sp³-hybridized carbons (Fsp3) is 0.520. The Kier molecular flexibility index (Phi) is 5.19. The topological polar surface area (TPSA) is 129 Å². The molecule has 6 rings (SSSR count). The van der Waals surface area contributed by atoms with E-state index in [4.69, 9.17) is 5.26 Å². The lowest BCUT2D eigenvalue weighted by molar-refractivity contribution is 0.0000874. The largest absolute Gasteiger partial charge is 0.507 e. The molecule has 2 aromatic heterocycles. The summed E-state index contributed by atoms with van der Waals surface area (Å²) >= 11 is 0. The van der Waals surface area contributed by atoms with E-state index in [2.05, 4.69) is 42.6 Å². The number of nitrogens with one attached hydrogen (secondary N) is 1. The number of hydrogen-bond donors (Lipinski definition) is 2. The normalized spacial score (nSPS) is 29.5. The van der Waals surface area contributed by atoms with Crippen LogP contribution in [0.2, 0.25) is 0 Å². The number of phenols is 1. The van der Waals surface area contributed by atoms with Gasteiger partial charge >= 0.3 is 0 Å². The zero-order valence-electron chi connectivity index (χ0n) is 20.3. The summed E-state index contributed by atoms with van der Waals surface area (Å²) in [5, 5.41) is 39.6. The molecule has 2 saturated heterocycles. The number of benzene rings is 1. The number of aromatic nitrogens is 6. The first kappa shape index (κ1) is 22.8. The van der Waals surface area contributed by atoms with Gasteiger partial charge in [0.2, 0.25) is 5.95 Å². The summed E-state index contributed by atoms with van der Waals surface area (Å²) in [5.41, 5.74) is 0.945. The van der Waals surface area contributed by atoms with Crippen LogP contribution >= 0.6 is 0 Å². The Bertz CT molecular complexity index is 1330. The monoisotopic (exact) mass is 489 g/mol. The van der Waals surface area contributed by atoms with Gasteiger partial charge in [-0.25, -0.2) is 14.1 Å². The predicted octanol–water partition coefficient (Wildman–Crippen LogP) is 3.07. The van der Waals surface area contributed by atoms with Gasteiger partial charge in [0.25, 0.3) is 0 Å². The summed E-state index contributed by atoms with van der Waals surface area (Å²) in [5.74, 6) is 0.407. The van der Waals surface area contributed by atoms with Crippen molar-refractivity contribution in [1.82, 2.24) is 35.5 Å². The molecule has 2 bridgehead atoms. The fourth-order valence-corrected chi connectivity index (χ4v) is 6.02. The van der Waals surface area contributed by atoms with Crippen molar-refractivity contribution in [2.24, 2.45) is 0 Å². The first-order valence-corrected chi connectivity index (χ1v) is 12.4. The van der Waals surface area contributed by atoms with E-state index in [0.717, 1.165) is 32.1 Å². The number of phenolic OH excluding ortho intramolecular Hbond substituents is 1. The van der Waals surface area contributed by atoms with E-state index in [1.54, 1.807) is 18.3 Å². The van der Waals surface area contributed by atoms with Gasteiger partial charge in [0.1, 0.15) is 23.7 Å². The third-order valence-corrected chi connectivity index (χ3v) is 7.83. The molecule has 1 aromatic carbocycles. The second-order valence-corrected chi connectivity index (χ2v) is 10.8. The van der Waals surface area contributed by atoms with Crippen molar-refractivity contribution < 1.29 is 9.50 Å². The summed E-state index contributed by atoms with van der Waals surface area (Å²) in [4.78, 5) is 6.65. The van der Waals surface area contributed by atoms with E-state index in [-0.39, 0.29) is 29.1 Å². The maximum Gasteiger partial charge on any atom is 0.245 e. The maximum atomic E-state index is 16.0. The van der Waals surface area contributed by atoms with Gasteiger partial charge < -0.3 is 15.3 Å². The van der Waals surface area contributed by atoms with Crippen molar-refractivity contribution in [2.75, 3.05) is 4.90 Å². The molecule has 4 atom stereocenters. The van der Waals surface area contributed by atoms with Gasteiger partial charge in [-0.2, -0.15) is 5.26 Å². The lowest BCUT2D eigenvalue weighted by Crippen LogP contribution is -2.73. The van der Waals surface area contributed by atoms with Gasteiger partial charge in [-0.05, 0) is 64.5 Å². The molecule has 10 nitrogen and oxygen atoms in total. The SMILES string of the molecule is C[C@@]12CCC[C@@](C)(N1)[C@@H](F)[C@@H](N(c1ncc(-c3ccc(-n4cc(C#N)nn4)cc3O)nn1)C1CC1)C2. The lowest BCUT2D eigenvalue weighted by atomic mass is 9.68. The number of aromatic hydroxyl groups is 1. The molecule has 186 valence electrons. The van der Waals surface area contributed by atoms with E-state index in [1.165, 1.54) is 16.9 Å². The number of rotatable bonds is 5. The van der Waals surface area contributed by atoms with E-state index in [1.807, 2.05) is 13.0 Å². The minimum absolute atomic E-state index is 0.0275. The van der Waals surface area contributed by atoms with Crippen LogP contribution in [0.5, 0.6) is 5.75 Å². The van der Waals surface area contributed by atoms with Gasteiger partial charge in [0.05, 0.1) is 24.1 Å². The van der Waals surface area contributed by atoms with Gasteiger partial charge in [-0.3, -0.25) is 0 Å². The molecule has 0 amide bonds. The average Bonchev–Trinajstić information content (AvgIpc) is 3.57. The molecule has 11 heteroatoms. The lowest BCUT2D eigenvalue weighted by Gasteiger charge is -2.57. The van der Waals surface area contributed by atoms with Crippen LogP contribution in [0.15, 0.2) is 30.6 Å². The molecule has 3 fully saturated rings. The summed E-state index contributed by atoms with van der Waals surface area (Å²) in [7, 11) is 0. The first-order valence-electron chi connectivity index (χ1n) is 12.4. The smallest absolute Gasteiger partial charge is 0.245 e. The van der Waals surface area contributed by atoms with Crippen molar-refractivity contribution in [2.45, 2.75) is 81.7 Å². The molecule has 3 aliphatic rings. The molecule has 2 aliphatic heterocycles. The van der Waals surface area contributed by atoms with E-state index < -0.39 is 11.7 Å². The van der Waals surface area contributed by atoms with Crippen LogP contribution in [0.3, 0.4) is 0 Å². The van der Waals surface area contributed by atoms with E-state index in [0.29, 0.717) is 29.3 Å². The van der Waals surface area contributed by atoms with Crippen LogP contribution in [-0.4, -0.2) is 64.6 Å². The molecular weight excluding hydrogens is 461 g/mol. The van der Waals surface area contributed by atoms with Crippen molar-refractivity contribution in [3.8, 4) is 28.8 Å². The highest BCUT2D eigenvalue weighted by Crippen LogP contribution is 2.46. The quantitative estimate of drug-likeness (QED) is 0.555. The Balaban J connectivity index is 1.28. The second-order valence-electron chi connectivity index (χ2n) is 10.8. The van der Waals surface area contributed by atoms with Crippen molar-refractivity contribution in [3.63, 3.8) is 0 Å². The predicted molar refractivity (Wildman–Crippen MR) is 129 cm³/mol. The number of fused-ring (bicyclic) bond motifs is 2. The third kappa shape index (κ3) is 3.86. The van der Waals surface area contributed by atoms with Crippen LogP contribution < -0.4 is 10.2 Å². The summed E-state index contributed by atoms with van der Waals surface area (Å²) in [6, 6.07) is 6.78. The Morgan fingerprint density at radius 2 is 2.06 bits per heavy atom. The zero-order chi connectivity index (χ0) is 25.1. The summed E-state index contributed by atoms with van der Waals surface area (Å²) in [6.07, 6.45) is 7.58. The van der Waals surface area contributed by atoms with Crippen molar-refractivity contribution in [1.29, 1.82) is 5.26 Å². The van der Waals surface area contributed by atoms with Crippen LogP contribution in [0.25, 0.3) is 16.9 Å². The number of nitriles is 1. The molecule has 36 heavy (non-hydrogen) atoms. The Labute approximate surface area is 208 Å². The standard InChI is InChI=1S/C25H28FN9O/c1-24-8-3-9-25(2,32-24)22(26)20(11-24)35(16-4-5-16)23-28-13-19(30-31-23)18-7-6-17(10-21(18)36)34-14-15(12-27)29-33-34/h6-7,10,13-14,16,20,22,32,36H,3-5,8-9,11H2,1-2H3/t20-,22-,24-,25+/m0/s1. The molecule has 3 aromatic rings. The Morgan fingerprint density at radius 1 is 1.22 bits per heavy atom. The van der Waals surface area contributed by atoms with Gasteiger partial charge in [0, 0.05) is 28.7 Å². The van der Waals surface area contributed by atoms with Gasteiger partial charge in [-0.1, -0.05) is 5.21 Å². The Morgan fingerprint density at radius 3 is 2.72 bits per heavy atom. The summed E-state index contributed by atoms with van der Waals surface area (Å²) in [6.45, 7) is 4.20. The highest BCUT2D eigenvalue weighted by atomic mass is 19.1. The number of hydrogen-bond acceptors (Lipinski definition) is 9. The number of alkyl halides is 1. The third-order valence-electron chi connectivity index (χ3n) is 7.83. The molecule has 0 unspecified atom stereocenters. The van der Waals surface area contributed by atoms with Crippen LogP contribution in [0, 0.1) is 11.3 Å². The number of nitrogens with zero attached hydrogens (tertiary/aromatic N) is 8. The second kappa shape index (κ2) is 8.20. The minimum Gasteiger partial charge on any atom is -0.507 e. The van der Waals surface area contributed by atoms with Crippen molar-refractivity contribution >= 4 is 5.95 Å². The molecule has 1 aliphatic carbocycles. The van der Waals surface area contributed by atoms with E-state index >= 15 is 4.39 Å². The number of halogens is 1. The molecule has 2 N–H and O–H groups in total. The highest BCUT2D eigenvalue weighted by Gasteiger charge is 2.56. The number of anilines is 1. The molecule has 0 radical (unpaired) electrons.